The van der Waals surface area contributed by atoms with Crippen LogP contribution in [0.4, 0.5) is 0 Å². The summed E-state index contributed by atoms with van der Waals surface area (Å²) in [5.74, 6) is -0.996. The third-order valence-electron chi connectivity index (χ3n) is 13.2. The van der Waals surface area contributed by atoms with E-state index in [4.69, 9.17) is 14.2 Å². The van der Waals surface area contributed by atoms with Crippen LogP contribution in [-0.2, 0) is 28.6 Å². The summed E-state index contributed by atoms with van der Waals surface area (Å²) in [7, 11) is 0. The molecule has 0 aromatic carbocycles. The molecule has 0 aromatic heterocycles. The van der Waals surface area contributed by atoms with Gasteiger partial charge < -0.3 is 14.2 Å². The van der Waals surface area contributed by atoms with Crippen LogP contribution < -0.4 is 0 Å². The van der Waals surface area contributed by atoms with Crippen molar-refractivity contribution in [2.75, 3.05) is 13.2 Å². The highest BCUT2D eigenvalue weighted by Crippen LogP contribution is 2.15. The summed E-state index contributed by atoms with van der Waals surface area (Å²) in [4.78, 5) is 38.3. The molecule has 428 valence electrons. The van der Waals surface area contributed by atoms with Gasteiger partial charge in [-0.05, 0) is 116 Å². The molecule has 0 aliphatic carbocycles. The Balaban J connectivity index is 4.48. The molecule has 0 fully saturated rings. The SMILES string of the molecule is CC/C=C\C/C=C\C/C=C\C/C=C\C/C=C\C/C=C\CCC(=O)OC[C@H](COC(=O)CCCCCCCCCCCCC/C=C\CCCCCCCC)OC(=O)CCCCCCCCC/C=C\C/C=C\CCCCC. The fraction of sp³-hybridized carbons (Fsp3) is 0.696. The standard InChI is InChI=1S/C69H116O6/c1-4-7-10-13-16-19-22-25-28-31-33-34-36-39-41-44-47-50-53-56-59-62-68(71)74-65-66(75-69(72)63-60-57-54-51-48-45-42-37-30-27-24-21-18-15-12-9-6-3)64-73-67(70)61-58-55-52-49-46-43-40-38-35-32-29-26-23-20-17-14-11-8-5-2/h8,11,17-18,20-21,25-30,35,38,43,46,52,55,66H,4-7,9-10,12-16,19,22-24,31-34,36-37,39-42,44-45,47-51,53-54,56-65H2,1-3H3/b11-8-,20-17-,21-18-,28-25-,29-26-,30-27-,38-35-,46-43-,55-52-/t66-/m1/s1. The second kappa shape index (κ2) is 62.6. The Morgan fingerprint density at radius 3 is 0.933 bits per heavy atom. The normalized spacial score (nSPS) is 12.8. The molecule has 0 rings (SSSR count). The molecule has 0 saturated carbocycles. The lowest BCUT2D eigenvalue weighted by Gasteiger charge is -2.18. The Hall–Kier alpha value is -3.93. The second-order valence-corrected chi connectivity index (χ2v) is 20.6. The Morgan fingerprint density at radius 1 is 0.280 bits per heavy atom. The Bertz CT molecular complexity index is 1520. The molecule has 0 heterocycles. The minimum absolute atomic E-state index is 0.105. The summed E-state index contributed by atoms with van der Waals surface area (Å²) >= 11 is 0. The zero-order chi connectivity index (χ0) is 54.3. The van der Waals surface area contributed by atoms with E-state index in [0.29, 0.717) is 19.3 Å². The zero-order valence-corrected chi connectivity index (χ0v) is 49.0. The van der Waals surface area contributed by atoms with Crippen LogP contribution in [0.1, 0.15) is 290 Å². The average Bonchev–Trinajstić information content (AvgIpc) is 3.41. The van der Waals surface area contributed by atoms with Gasteiger partial charge in [-0.1, -0.05) is 265 Å². The number of hydrogen-bond acceptors (Lipinski definition) is 6. The summed E-state index contributed by atoms with van der Waals surface area (Å²) in [5, 5.41) is 0. The van der Waals surface area contributed by atoms with Crippen molar-refractivity contribution in [2.45, 2.75) is 297 Å². The highest BCUT2D eigenvalue weighted by Gasteiger charge is 2.19. The second-order valence-electron chi connectivity index (χ2n) is 20.6. The van der Waals surface area contributed by atoms with E-state index in [1.54, 1.807) is 0 Å². The first-order chi connectivity index (χ1) is 37.0. The number of unbranched alkanes of at least 4 members (excludes halogenated alkanes) is 27. The molecule has 6 nitrogen and oxygen atoms in total. The lowest BCUT2D eigenvalue weighted by atomic mass is 10.0. The number of ether oxygens (including phenoxy) is 3. The predicted octanol–water partition coefficient (Wildman–Crippen LogP) is 21.4. The first-order valence-electron chi connectivity index (χ1n) is 31.4. The van der Waals surface area contributed by atoms with E-state index in [0.717, 1.165) is 89.9 Å². The summed E-state index contributed by atoms with van der Waals surface area (Å²) < 4.78 is 16.8. The van der Waals surface area contributed by atoms with Crippen LogP contribution in [0.3, 0.4) is 0 Å². The Labute approximate surface area is 463 Å². The highest BCUT2D eigenvalue weighted by atomic mass is 16.6. The van der Waals surface area contributed by atoms with Gasteiger partial charge in [-0.3, -0.25) is 14.4 Å². The van der Waals surface area contributed by atoms with Crippen molar-refractivity contribution < 1.29 is 28.6 Å². The van der Waals surface area contributed by atoms with Gasteiger partial charge in [-0.15, -0.1) is 0 Å². The molecule has 0 aliphatic rings. The van der Waals surface area contributed by atoms with Crippen LogP contribution in [0, 0.1) is 0 Å². The van der Waals surface area contributed by atoms with E-state index in [1.807, 2.05) is 6.08 Å². The molecular formula is C69H116O6. The van der Waals surface area contributed by atoms with Crippen molar-refractivity contribution in [1.29, 1.82) is 0 Å². The van der Waals surface area contributed by atoms with Gasteiger partial charge in [-0.25, -0.2) is 0 Å². The fourth-order valence-corrected chi connectivity index (χ4v) is 8.55. The molecule has 0 aromatic rings. The molecule has 0 N–H and O–H groups in total. The van der Waals surface area contributed by atoms with E-state index in [1.165, 1.54) is 154 Å². The van der Waals surface area contributed by atoms with Crippen LogP contribution in [0.5, 0.6) is 0 Å². The van der Waals surface area contributed by atoms with Gasteiger partial charge in [0.1, 0.15) is 13.2 Å². The first kappa shape index (κ1) is 71.1. The minimum Gasteiger partial charge on any atom is -0.462 e. The lowest BCUT2D eigenvalue weighted by molar-refractivity contribution is -0.166. The number of carbonyl (C=O) groups excluding carboxylic acids is 3. The Kier molecular flexibility index (Phi) is 59.3. The van der Waals surface area contributed by atoms with Crippen molar-refractivity contribution in [2.24, 2.45) is 0 Å². The van der Waals surface area contributed by atoms with E-state index in [9.17, 15) is 14.4 Å². The molecule has 0 unspecified atom stereocenters. The maximum absolute atomic E-state index is 12.9. The molecule has 0 amide bonds. The quantitative estimate of drug-likeness (QED) is 0.0261. The van der Waals surface area contributed by atoms with Gasteiger partial charge in [0.05, 0.1) is 0 Å². The van der Waals surface area contributed by atoms with Gasteiger partial charge in [0.15, 0.2) is 6.10 Å². The maximum Gasteiger partial charge on any atom is 0.306 e. The molecule has 0 spiro atoms. The number of allylic oxidation sites excluding steroid dienone is 18. The molecule has 0 aliphatic heterocycles. The number of esters is 3. The monoisotopic (exact) mass is 1040 g/mol. The first-order valence-corrected chi connectivity index (χ1v) is 31.4. The highest BCUT2D eigenvalue weighted by molar-refractivity contribution is 5.71. The van der Waals surface area contributed by atoms with Crippen LogP contribution in [0.15, 0.2) is 109 Å². The van der Waals surface area contributed by atoms with Crippen LogP contribution in [0.25, 0.3) is 0 Å². The molecule has 75 heavy (non-hydrogen) atoms. The van der Waals surface area contributed by atoms with E-state index in [2.05, 4.69) is 124 Å². The summed E-state index contributed by atoms with van der Waals surface area (Å²) in [5.41, 5.74) is 0. The number of carbonyl (C=O) groups is 3. The summed E-state index contributed by atoms with van der Waals surface area (Å²) in [6.07, 6.45) is 85.3. The van der Waals surface area contributed by atoms with Crippen LogP contribution >= 0.6 is 0 Å². The van der Waals surface area contributed by atoms with E-state index >= 15 is 0 Å². The van der Waals surface area contributed by atoms with Gasteiger partial charge in [0.2, 0.25) is 0 Å². The smallest absolute Gasteiger partial charge is 0.306 e. The van der Waals surface area contributed by atoms with Crippen LogP contribution in [-0.4, -0.2) is 37.2 Å². The molecule has 0 bridgehead atoms. The maximum atomic E-state index is 12.9. The molecule has 6 heteroatoms. The topological polar surface area (TPSA) is 78.9 Å². The predicted molar refractivity (Wildman–Crippen MR) is 325 cm³/mol. The molecule has 0 radical (unpaired) electrons. The lowest BCUT2D eigenvalue weighted by Crippen LogP contribution is -2.30. The minimum atomic E-state index is -0.816. The molecular weight excluding hydrogens is 925 g/mol. The third kappa shape index (κ3) is 60.8. The largest absolute Gasteiger partial charge is 0.462 e. The average molecular weight is 1040 g/mol. The Morgan fingerprint density at radius 2 is 0.547 bits per heavy atom. The van der Waals surface area contributed by atoms with Crippen LogP contribution in [0.2, 0.25) is 0 Å². The fourth-order valence-electron chi connectivity index (χ4n) is 8.55. The van der Waals surface area contributed by atoms with Crippen molar-refractivity contribution in [3.05, 3.63) is 109 Å². The summed E-state index contributed by atoms with van der Waals surface area (Å²) in [6, 6.07) is 0. The zero-order valence-electron chi connectivity index (χ0n) is 49.0. The number of hydrogen-bond donors (Lipinski definition) is 0. The van der Waals surface area contributed by atoms with Gasteiger partial charge in [0, 0.05) is 19.3 Å². The van der Waals surface area contributed by atoms with Crippen molar-refractivity contribution >= 4 is 17.9 Å². The number of rotatable bonds is 56. The van der Waals surface area contributed by atoms with Crippen molar-refractivity contribution in [3.63, 3.8) is 0 Å². The van der Waals surface area contributed by atoms with E-state index < -0.39 is 6.10 Å². The van der Waals surface area contributed by atoms with E-state index in [-0.39, 0.29) is 37.5 Å². The van der Waals surface area contributed by atoms with Gasteiger partial charge in [0.25, 0.3) is 0 Å². The van der Waals surface area contributed by atoms with Gasteiger partial charge >= 0.3 is 17.9 Å². The third-order valence-corrected chi connectivity index (χ3v) is 13.2. The molecule has 1 atom stereocenters. The summed E-state index contributed by atoms with van der Waals surface area (Å²) in [6.45, 7) is 6.45. The molecule has 0 saturated heterocycles. The van der Waals surface area contributed by atoms with Crippen molar-refractivity contribution in [3.8, 4) is 0 Å². The van der Waals surface area contributed by atoms with Crippen molar-refractivity contribution in [1.82, 2.24) is 0 Å². The van der Waals surface area contributed by atoms with Gasteiger partial charge in [-0.2, -0.15) is 0 Å².